The van der Waals surface area contributed by atoms with Gasteiger partial charge in [0.2, 0.25) is 5.91 Å². The molecule has 6 nitrogen and oxygen atoms in total. The number of H-pyrrole nitrogens is 1. The Bertz CT molecular complexity index is 741. The molecule has 132 valence electrons. The lowest BCUT2D eigenvalue weighted by Crippen LogP contribution is -2.43. The van der Waals surface area contributed by atoms with Crippen LogP contribution in [0, 0.1) is 5.92 Å². The number of carbonyl (C=O) groups is 2. The monoisotopic (exact) mass is 358 g/mol. The molecule has 0 bridgehead atoms. The van der Waals surface area contributed by atoms with Gasteiger partial charge in [0.15, 0.2) is 0 Å². The number of thiophene rings is 1. The first kappa shape index (κ1) is 16.3. The number of piperidine rings is 1. The Balaban J connectivity index is 1.36. The maximum atomic E-state index is 12.7. The van der Waals surface area contributed by atoms with Crippen molar-refractivity contribution in [3.63, 3.8) is 0 Å². The Morgan fingerprint density at radius 2 is 1.88 bits per heavy atom. The summed E-state index contributed by atoms with van der Waals surface area (Å²) in [6, 6.07) is 3.80. The van der Waals surface area contributed by atoms with Crippen molar-refractivity contribution < 1.29 is 9.59 Å². The van der Waals surface area contributed by atoms with Gasteiger partial charge in [0.05, 0.1) is 5.69 Å². The number of aromatic nitrogens is 2. The standard InChI is InChI=1S/C18H22N4O2S/c23-17(21-6-1-2-7-21)13-3-8-22(9-4-13)18(24)16-11-15(19-20-16)14-5-10-25-12-14/h5,10-13H,1-4,6-9H2,(H,19,20). The second kappa shape index (κ2) is 7.00. The van der Waals surface area contributed by atoms with Crippen LogP contribution in [-0.4, -0.2) is 58.0 Å². The molecule has 2 aromatic rings. The summed E-state index contributed by atoms with van der Waals surface area (Å²) in [6.07, 6.45) is 3.75. The zero-order valence-electron chi connectivity index (χ0n) is 14.1. The molecular weight excluding hydrogens is 336 g/mol. The highest BCUT2D eigenvalue weighted by molar-refractivity contribution is 7.08. The molecule has 0 aliphatic carbocycles. The summed E-state index contributed by atoms with van der Waals surface area (Å²) in [5.74, 6) is 0.331. The Kier molecular flexibility index (Phi) is 4.57. The molecule has 0 unspecified atom stereocenters. The fraction of sp³-hybridized carbons (Fsp3) is 0.500. The van der Waals surface area contributed by atoms with Gasteiger partial charge in [-0.3, -0.25) is 14.7 Å². The number of nitrogens with one attached hydrogen (secondary N) is 1. The topological polar surface area (TPSA) is 69.3 Å². The number of hydrogen-bond acceptors (Lipinski definition) is 4. The van der Waals surface area contributed by atoms with E-state index in [1.165, 1.54) is 0 Å². The first-order valence-electron chi connectivity index (χ1n) is 8.88. The second-order valence-corrected chi connectivity index (χ2v) is 7.56. The SMILES string of the molecule is O=C(c1cc(-c2ccsc2)n[nH]1)N1CCC(C(=O)N2CCCC2)CC1. The lowest BCUT2D eigenvalue weighted by molar-refractivity contribution is -0.135. The van der Waals surface area contributed by atoms with Crippen molar-refractivity contribution >= 4 is 23.2 Å². The first-order valence-corrected chi connectivity index (χ1v) is 9.83. The molecule has 2 saturated heterocycles. The Morgan fingerprint density at radius 1 is 1.12 bits per heavy atom. The molecule has 0 spiro atoms. The molecular formula is C18H22N4O2S. The molecule has 0 aromatic carbocycles. The lowest BCUT2D eigenvalue weighted by Gasteiger charge is -2.32. The molecule has 25 heavy (non-hydrogen) atoms. The zero-order chi connectivity index (χ0) is 17.2. The summed E-state index contributed by atoms with van der Waals surface area (Å²) >= 11 is 1.61. The van der Waals surface area contributed by atoms with Gasteiger partial charge in [-0.15, -0.1) is 0 Å². The Labute approximate surface area is 150 Å². The highest BCUT2D eigenvalue weighted by atomic mass is 32.1. The van der Waals surface area contributed by atoms with E-state index in [0.29, 0.717) is 18.8 Å². The molecule has 2 fully saturated rings. The summed E-state index contributed by atoms with van der Waals surface area (Å²) in [6.45, 7) is 3.07. The van der Waals surface area contributed by atoms with Gasteiger partial charge in [0.25, 0.3) is 5.91 Å². The van der Waals surface area contributed by atoms with E-state index in [1.54, 1.807) is 11.3 Å². The molecule has 0 radical (unpaired) electrons. The van der Waals surface area contributed by atoms with E-state index in [-0.39, 0.29) is 17.7 Å². The summed E-state index contributed by atoms with van der Waals surface area (Å²) in [5.41, 5.74) is 2.34. The van der Waals surface area contributed by atoms with E-state index in [4.69, 9.17) is 0 Å². The van der Waals surface area contributed by atoms with E-state index in [9.17, 15) is 9.59 Å². The van der Waals surface area contributed by atoms with Crippen LogP contribution in [0.1, 0.15) is 36.2 Å². The number of nitrogens with zero attached hydrogens (tertiary/aromatic N) is 3. The summed E-state index contributed by atoms with van der Waals surface area (Å²) in [7, 11) is 0. The third-order valence-corrected chi connectivity index (χ3v) is 5.86. The van der Waals surface area contributed by atoms with Crippen molar-refractivity contribution in [2.45, 2.75) is 25.7 Å². The van der Waals surface area contributed by atoms with Crippen molar-refractivity contribution in [3.05, 3.63) is 28.6 Å². The molecule has 7 heteroatoms. The normalized spacial score (nSPS) is 18.7. The van der Waals surface area contributed by atoms with Crippen LogP contribution in [-0.2, 0) is 4.79 Å². The summed E-state index contributed by atoms with van der Waals surface area (Å²) < 4.78 is 0. The van der Waals surface area contributed by atoms with E-state index in [1.807, 2.05) is 32.7 Å². The van der Waals surface area contributed by atoms with Crippen LogP contribution < -0.4 is 0 Å². The summed E-state index contributed by atoms with van der Waals surface area (Å²) in [5, 5.41) is 11.1. The zero-order valence-corrected chi connectivity index (χ0v) is 14.9. The number of carbonyl (C=O) groups excluding carboxylic acids is 2. The molecule has 0 atom stereocenters. The van der Waals surface area contributed by atoms with Crippen molar-refractivity contribution in [1.82, 2.24) is 20.0 Å². The second-order valence-electron chi connectivity index (χ2n) is 6.78. The first-order chi connectivity index (χ1) is 12.2. The predicted octanol–water partition coefficient (Wildman–Crippen LogP) is 2.61. The van der Waals surface area contributed by atoms with Crippen molar-refractivity contribution in [2.24, 2.45) is 5.92 Å². The average Bonchev–Trinajstić information content (AvgIpc) is 3.42. The third kappa shape index (κ3) is 3.33. The van der Waals surface area contributed by atoms with Gasteiger partial charge in [-0.25, -0.2) is 0 Å². The van der Waals surface area contributed by atoms with Crippen LogP contribution in [0.25, 0.3) is 11.3 Å². The van der Waals surface area contributed by atoms with Gasteiger partial charge < -0.3 is 9.80 Å². The summed E-state index contributed by atoms with van der Waals surface area (Å²) in [4.78, 5) is 29.0. The number of likely N-dealkylation sites (tertiary alicyclic amines) is 2. The molecule has 4 rings (SSSR count). The van der Waals surface area contributed by atoms with Gasteiger partial charge in [0, 0.05) is 43.0 Å². The van der Waals surface area contributed by atoms with E-state index < -0.39 is 0 Å². The molecule has 4 heterocycles. The fourth-order valence-electron chi connectivity index (χ4n) is 3.68. The quantitative estimate of drug-likeness (QED) is 0.917. The number of hydrogen-bond donors (Lipinski definition) is 1. The largest absolute Gasteiger partial charge is 0.342 e. The van der Waals surface area contributed by atoms with Crippen LogP contribution >= 0.6 is 11.3 Å². The van der Waals surface area contributed by atoms with Crippen LogP contribution in [0.3, 0.4) is 0 Å². The molecule has 2 aliphatic heterocycles. The number of rotatable bonds is 3. The average molecular weight is 358 g/mol. The smallest absolute Gasteiger partial charge is 0.271 e. The van der Waals surface area contributed by atoms with E-state index in [0.717, 1.165) is 50.0 Å². The van der Waals surface area contributed by atoms with Crippen LogP contribution in [0.2, 0.25) is 0 Å². The maximum absolute atomic E-state index is 12.7. The van der Waals surface area contributed by atoms with Gasteiger partial charge in [-0.1, -0.05) is 0 Å². The molecule has 0 saturated carbocycles. The highest BCUT2D eigenvalue weighted by Gasteiger charge is 2.31. The molecule has 2 aromatic heterocycles. The minimum Gasteiger partial charge on any atom is -0.342 e. The Hall–Kier alpha value is -2.15. The van der Waals surface area contributed by atoms with Crippen molar-refractivity contribution in [3.8, 4) is 11.3 Å². The maximum Gasteiger partial charge on any atom is 0.271 e. The van der Waals surface area contributed by atoms with Crippen molar-refractivity contribution in [2.75, 3.05) is 26.2 Å². The van der Waals surface area contributed by atoms with Gasteiger partial charge in [-0.2, -0.15) is 16.4 Å². The number of amides is 2. The van der Waals surface area contributed by atoms with Gasteiger partial charge in [-0.05, 0) is 43.2 Å². The van der Waals surface area contributed by atoms with Crippen LogP contribution in [0.15, 0.2) is 22.9 Å². The van der Waals surface area contributed by atoms with Crippen LogP contribution in [0.5, 0.6) is 0 Å². The van der Waals surface area contributed by atoms with Crippen LogP contribution in [0.4, 0.5) is 0 Å². The predicted molar refractivity (Wildman–Crippen MR) is 96.3 cm³/mol. The highest BCUT2D eigenvalue weighted by Crippen LogP contribution is 2.24. The Morgan fingerprint density at radius 3 is 2.56 bits per heavy atom. The number of aromatic amines is 1. The van der Waals surface area contributed by atoms with E-state index >= 15 is 0 Å². The van der Waals surface area contributed by atoms with Gasteiger partial charge >= 0.3 is 0 Å². The van der Waals surface area contributed by atoms with E-state index in [2.05, 4.69) is 10.2 Å². The molecule has 2 amide bonds. The molecule has 2 aliphatic rings. The molecule has 1 N–H and O–H groups in total. The van der Waals surface area contributed by atoms with Gasteiger partial charge in [0.1, 0.15) is 5.69 Å². The minimum absolute atomic E-state index is 0.0268. The lowest BCUT2D eigenvalue weighted by atomic mass is 9.95. The van der Waals surface area contributed by atoms with Crippen molar-refractivity contribution in [1.29, 1.82) is 0 Å². The third-order valence-electron chi connectivity index (χ3n) is 5.17. The minimum atomic E-state index is -0.0268. The fourth-order valence-corrected chi connectivity index (χ4v) is 4.33.